The van der Waals surface area contributed by atoms with Gasteiger partial charge in [-0.1, -0.05) is 141 Å². The minimum absolute atomic E-state index is 0.354. The van der Waals surface area contributed by atoms with Gasteiger partial charge in [0.2, 0.25) is 0 Å². The van der Waals surface area contributed by atoms with E-state index in [1.165, 1.54) is 0 Å². The number of hydrogen-bond acceptors (Lipinski definition) is 14. The Hall–Kier alpha value is -10.2. The van der Waals surface area contributed by atoms with Crippen LogP contribution in [0, 0.1) is 13.8 Å². The number of unbranched alkanes of at least 4 members (excludes halogenated alkanes) is 6. The van der Waals surface area contributed by atoms with Crippen molar-refractivity contribution in [2.75, 3.05) is 39.6 Å². The van der Waals surface area contributed by atoms with Gasteiger partial charge in [0.05, 0.1) is 72.7 Å². The molecule has 2 N–H and O–H groups in total. The fraction of sp³-hybridized carbons (Fsp3) is 0.325. The zero-order chi connectivity index (χ0) is 65.6. The SMILES string of the molecule is CCCCOc1c2c(c(OCCCC)c3cc4ccccc4cc13)-c1nc-2nc2[nH]c(nc3nc(nc4[nH]c(n1)c1c(C)c5cccnc5c(OCCCC)c41)-c1c-3c(OCCCC)c3cc4ccccc4cc3c1OCCCC)c1c(OCCCC)c3ncccc3c(C)c21. The fourth-order valence-electron chi connectivity index (χ4n) is 13.8. The zero-order valence-corrected chi connectivity index (χ0v) is 56.1. The Balaban J connectivity index is 1.20. The first kappa shape index (κ1) is 61.9. The summed E-state index contributed by atoms with van der Waals surface area (Å²) in [6.07, 6.45) is 14.1. The van der Waals surface area contributed by atoms with E-state index >= 15 is 0 Å². The first-order valence-corrected chi connectivity index (χ1v) is 34.7. The molecule has 0 fully saturated rings. The van der Waals surface area contributed by atoms with Gasteiger partial charge in [0.15, 0.2) is 34.8 Å². The Morgan fingerprint density at radius 1 is 0.302 bits per heavy atom. The Morgan fingerprint density at radius 3 is 0.854 bits per heavy atom. The van der Waals surface area contributed by atoms with Crippen LogP contribution >= 0.6 is 0 Å². The molecule has 0 amide bonds. The van der Waals surface area contributed by atoms with Crippen molar-refractivity contribution in [1.29, 1.82) is 0 Å². The molecule has 2 aliphatic rings. The summed E-state index contributed by atoms with van der Waals surface area (Å²) in [7, 11) is 0. The topological polar surface area (TPSA) is 190 Å². The van der Waals surface area contributed by atoms with Gasteiger partial charge in [0.1, 0.15) is 56.6 Å². The summed E-state index contributed by atoms with van der Waals surface area (Å²) in [6.45, 7) is 19.9. The first-order valence-electron chi connectivity index (χ1n) is 34.7. The number of aromatic amines is 2. The largest absolute Gasteiger partial charge is 0.492 e. The summed E-state index contributed by atoms with van der Waals surface area (Å²) in [6, 6.07) is 33.9. The third-order valence-corrected chi connectivity index (χ3v) is 18.8. The van der Waals surface area contributed by atoms with E-state index in [4.69, 9.17) is 68.3 Å². The number of hydrogen-bond donors (Lipinski definition) is 2. The van der Waals surface area contributed by atoms with Crippen molar-refractivity contribution in [3.05, 3.63) is 121 Å². The molecule has 15 rings (SSSR count). The highest BCUT2D eigenvalue weighted by Gasteiger charge is 2.36. The van der Waals surface area contributed by atoms with Crippen LogP contribution in [0.2, 0.25) is 0 Å². The van der Waals surface area contributed by atoms with E-state index in [1.807, 2.05) is 24.5 Å². The van der Waals surface area contributed by atoms with Crippen molar-refractivity contribution >= 4 is 109 Å². The lowest BCUT2D eigenvalue weighted by Crippen LogP contribution is -2.04. The standard InChI is InChI=1S/C80H80N10O6/c1-9-15-35-91-67-53-41-47-27-21-22-28-48(47)42-54(53)68(92-36-16-10-2)62-61(67)77-85-73-57-45(7)51-31-25-33-81-65(51)71(95-39-19-13-5)59(57)75(83-73)87-79-63-64(70(94-38-18-12-4)56-44-50-30-24-23-29-49(50)43-55(56)69(63)93-37-17-11-3)80(90-79)88-76-60-58(74(84-76)86-78(62)89-77)46(8)52-32-26-34-82-66(52)72(60)96-40-20-14-6/h21-34,41-44H,9-20,35-40H2,1-8H3,(H2,83,84,85,86,87,88,89,90). The van der Waals surface area contributed by atoms with Crippen LogP contribution in [0.15, 0.2) is 109 Å². The second-order valence-corrected chi connectivity index (χ2v) is 25.3. The molecule has 16 heteroatoms. The van der Waals surface area contributed by atoms with Crippen molar-refractivity contribution < 1.29 is 28.4 Å². The minimum Gasteiger partial charge on any atom is -0.492 e. The Morgan fingerprint density at radius 2 is 0.573 bits per heavy atom. The number of aryl methyl sites for hydroxylation is 2. The van der Waals surface area contributed by atoms with E-state index in [2.05, 4.69) is 150 Å². The number of benzene rings is 8. The molecule has 13 aromatic rings. The Labute approximate surface area is 557 Å². The van der Waals surface area contributed by atoms with Crippen LogP contribution in [0.4, 0.5) is 0 Å². The quantitative estimate of drug-likeness (QED) is 0.0429. The van der Waals surface area contributed by atoms with Crippen molar-refractivity contribution in [2.24, 2.45) is 0 Å². The highest BCUT2D eigenvalue weighted by atomic mass is 16.5. The van der Waals surface area contributed by atoms with E-state index in [0.717, 1.165) is 153 Å². The summed E-state index contributed by atoms with van der Waals surface area (Å²) >= 11 is 0. The molecule has 16 nitrogen and oxygen atoms in total. The second-order valence-electron chi connectivity index (χ2n) is 25.3. The number of rotatable bonds is 24. The number of nitrogens with one attached hydrogen (secondary N) is 2. The van der Waals surface area contributed by atoms with Crippen LogP contribution in [0.25, 0.3) is 155 Å². The summed E-state index contributed by atoms with van der Waals surface area (Å²) in [5.41, 5.74) is 7.77. The summed E-state index contributed by atoms with van der Waals surface area (Å²) in [5, 5.41) is 12.5. The van der Waals surface area contributed by atoms with E-state index in [9.17, 15) is 0 Å². The fourth-order valence-corrected chi connectivity index (χ4v) is 13.8. The molecular formula is C80H80N10O6. The molecular weight excluding hydrogens is 1200 g/mol. The average Bonchev–Trinajstić information content (AvgIpc) is 1.52. The predicted octanol–water partition coefficient (Wildman–Crippen LogP) is 20.3. The molecule has 0 saturated carbocycles. The van der Waals surface area contributed by atoms with E-state index in [-0.39, 0.29) is 0 Å². The smallest absolute Gasteiger partial charge is 0.168 e. The lowest BCUT2D eigenvalue weighted by molar-refractivity contribution is 0.308. The van der Waals surface area contributed by atoms with Gasteiger partial charge in [0, 0.05) is 55.5 Å². The molecule has 96 heavy (non-hydrogen) atoms. The lowest BCUT2D eigenvalue weighted by atomic mass is 9.95. The highest BCUT2D eigenvalue weighted by Crippen LogP contribution is 2.56. The van der Waals surface area contributed by atoms with Gasteiger partial charge in [-0.15, -0.1) is 0 Å². The van der Waals surface area contributed by atoms with Gasteiger partial charge in [-0.2, -0.15) is 0 Å². The maximum Gasteiger partial charge on any atom is 0.168 e. The van der Waals surface area contributed by atoms with Gasteiger partial charge in [-0.3, -0.25) is 9.97 Å². The number of pyridine rings is 2. The molecule has 8 bridgehead atoms. The van der Waals surface area contributed by atoms with Crippen molar-refractivity contribution in [1.82, 2.24) is 49.8 Å². The Bertz CT molecular complexity index is 5080. The van der Waals surface area contributed by atoms with Gasteiger partial charge >= 0.3 is 0 Å². The number of aromatic nitrogens is 10. The first-order chi connectivity index (χ1) is 47.2. The van der Waals surface area contributed by atoms with Gasteiger partial charge in [-0.25, -0.2) is 29.9 Å². The molecule has 8 aromatic carbocycles. The molecule has 0 unspecified atom stereocenters. The second kappa shape index (κ2) is 26.5. The number of fused-ring (bicyclic) bond motifs is 26. The van der Waals surface area contributed by atoms with Crippen molar-refractivity contribution in [2.45, 2.75) is 132 Å². The molecule has 0 saturated heterocycles. The van der Waals surface area contributed by atoms with E-state index in [1.54, 1.807) is 0 Å². The zero-order valence-electron chi connectivity index (χ0n) is 56.1. The molecule has 0 aliphatic carbocycles. The highest BCUT2D eigenvalue weighted by molar-refractivity contribution is 6.21. The summed E-state index contributed by atoms with van der Waals surface area (Å²) in [4.78, 5) is 52.6. The van der Waals surface area contributed by atoms with Crippen LogP contribution in [0.1, 0.15) is 130 Å². The number of nitrogens with zero attached hydrogens (tertiary/aromatic N) is 8. The van der Waals surface area contributed by atoms with Crippen LogP contribution in [0.5, 0.6) is 34.5 Å². The van der Waals surface area contributed by atoms with Gasteiger partial charge in [0.25, 0.3) is 0 Å². The van der Waals surface area contributed by atoms with Crippen molar-refractivity contribution in [3.8, 4) is 80.0 Å². The molecule has 486 valence electrons. The van der Waals surface area contributed by atoms with Gasteiger partial charge in [-0.05, 0) is 121 Å². The molecule has 0 radical (unpaired) electrons. The maximum atomic E-state index is 7.24. The monoisotopic (exact) mass is 1280 g/mol. The molecule has 5 aromatic heterocycles. The van der Waals surface area contributed by atoms with Gasteiger partial charge < -0.3 is 38.4 Å². The van der Waals surface area contributed by atoms with Crippen molar-refractivity contribution in [3.63, 3.8) is 0 Å². The van der Waals surface area contributed by atoms with Crippen LogP contribution < -0.4 is 28.4 Å². The molecule has 0 atom stereocenters. The normalized spacial score (nSPS) is 12.1. The molecule has 7 heterocycles. The Kier molecular flexibility index (Phi) is 17.1. The molecule has 0 spiro atoms. The molecule has 2 aliphatic heterocycles. The van der Waals surface area contributed by atoms with E-state index < -0.39 is 0 Å². The number of ether oxygens (including phenoxy) is 6. The third-order valence-electron chi connectivity index (χ3n) is 18.8. The lowest BCUT2D eigenvalue weighted by Gasteiger charge is -2.19. The summed E-state index contributed by atoms with van der Waals surface area (Å²) in [5.74, 6) is 5.16. The predicted molar refractivity (Wildman–Crippen MR) is 389 cm³/mol. The van der Waals surface area contributed by atoms with Crippen LogP contribution in [-0.4, -0.2) is 89.5 Å². The average molecular weight is 1280 g/mol. The van der Waals surface area contributed by atoms with Crippen LogP contribution in [-0.2, 0) is 0 Å². The number of H-pyrrole nitrogens is 2. The van der Waals surface area contributed by atoms with Crippen LogP contribution in [0.3, 0.4) is 0 Å². The van der Waals surface area contributed by atoms with E-state index in [0.29, 0.717) is 164 Å². The minimum atomic E-state index is 0.354. The maximum absolute atomic E-state index is 7.24. The third kappa shape index (κ3) is 10.7. The summed E-state index contributed by atoms with van der Waals surface area (Å²) < 4.78 is 43.1.